The second kappa shape index (κ2) is 7.58. The van der Waals surface area contributed by atoms with Gasteiger partial charge in [0.2, 0.25) is 0 Å². The zero-order valence-electron chi connectivity index (χ0n) is 15.7. The number of hydrogen-bond acceptors (Lipinski definition) is 4. The Morgan fingerprint density at radius 2 is 1.57 bits per heavy atom. The van der Waals surface area contributed by atoms with E-state index >= 15 is 0 Å². The van der Waals surface area contributed by atoms with Gasteiger partial charge in [0.1, 0.15) is 32.7 Å². The van der Waals surface area contributed by atoms with Gasteiger partial charge in [0.15, 0.2) is 12.3 Å². The minimum absolute atomic E-state index is 0.458. The highest BCUT2D eigenvalue weighted by Crippen LogP contribution is 2.18. The Hall–Kier alpha value is -2.96. The number of benzene rings is 2. The standard InChI is InChI=1S/C22H22N4O2/c1-2-8-19-17(5-1)6-3-7-18(19)15-25-10-12-26(13-11-25)16-21-23-24-22(28-21)20-9-4-14-27-20/h1-9,14H,10-13,15-16H2/p+2. The lowest BCUT2D eigenvalue weighted by Crippen LogP contribution is -3.27. The van der Waals surface area contributed by atoms with Gasteiger partial charge in [-0.1, -0.05) is 42.5 Å². The normalized spacial score (nSPS) is 19.9. The number of nitrogens with one attached hydrogen (secondary N) is 2. The molecule has 5 rings (SSSR count). The maximum atomic E-state index is 5.76. The molecule has 2 aromatic carbocycles. The number of quaternary nitrogens is 2. The molecule has 28 heavy (non-hydrogen) atoms. The molecule has 1 aliphatic rings. The Bertz CT molecular complexity index is 1040. The van der Waals surface area contributed by atoms with E-state index in [4.69, 9.17) is 8.83 Å². The van der Waals surface area contributed by atoms with Crippen LogP contribution in [0.4, 0.5) is 0 Å². The lowest BCUT2D eigenvalue weighted by molar-refractivity contribution is -1.02. The lowest BCUT2D eigenvalue weighted by Gasteiger charge is -2.29. The first-order valence-electron chi connectivity index (χ1n) is 9.85. The molecule has 0 radical (unpaired) electrons. The number of fused-ring (bicyclic) bond motifs is 1. The highest BCUT2D eigenvalue weighted by atomic mass is 16.4. The van der Waals surface area contributed by atoms with Crippen LogP contribution in [0.5, 0.6) is 0 Å². The van der Waals surface area contributed by atoms with Crippen molar-refractivity contribution in [1.82, 2.24) is 10.2 Å². The number of furan rings is 1. The number of nitrogens with zero attached hydrogens (tertiary/aromatic N) is 2. The molecule has 0 saturated carbocycles. The lowest BCUT2D eigenvalue weighted by atomic mass is 10.0. The van der Waals surface area contributed by atoms with Gasteiger partial charge in [0, 0.05) is 5.56 Å². The van der Waals surface area contributed by atoms with Crippen LogP contribution in [0.15, 0.2) is 69.7 Å². The molecule has 0 amide bonds. The number of piperazine rings is 1. The topological polar surface area (TPSA) is 60.9 Å². The predicted octanol–water partition coefficient (Wildman–Crippen LogP) is 0.966. The van der Waals surface area contributed by atoms with Crippen LogP contribution >= 0.6 is 0 Å². The quantitative estimate of drug-likeness (QED) is 0.545. The molecule has 0 spiro atoms. The van der Waals surface area contributed by atoms with Crippen molar-refractivity contribution < 1.29 is 18.6 Å². The smallest absolute Gasteiger partial charge is 0.283 e. The van der Waals surface area contributed by atoms with Crippen molar-refractivity contribution in [3.8, 4) is 11.7 Å². The number of rotatable bonds is 5. The molecule has 142 valence electrons. The zero-order valence-corrected chi connectivity index (χ0v) is 15.7. The minimum atomic E-state index is 0.458. The Labute approximate surface area is 163 Å². The molecule has 1 saturated heterocycles. The van der Waals surface area contributed by atoms with Crippen molar-refractivity contribution in [2.45, 2.75) is 13.1 Å². The van der Waals surface area contributed by atoms with Crippen LogP contribution in [-0.4, -0.2) is 36.4 Å². The fourth-order valence-electron chi connectivity index (χ4n) is 4.07. The summed E-state index contributed by atoms with van der Waals surface area (Å²) in [4.78, 5) is 3.14. The molecule has 6 heteroatoms. The SMILES string of the molecule is c1coc(-c2nnc(C[NH+]3CC[NH+](Cc4cccc5ccccc45)CC3)o2)c1. The highest BCUT2D eigenvalue weighted by molar-refractivity contribution is 5.85. The van der Waals surface area contributed by atoms with E-state index in [9.17, 15) is 0 Å². The summed E-state index contributed by atoms with van der Waals surface area (Å²) >= 11 is 0. The van der Waals surface area contributed by atoms with E-state index in [-0.39, 0.29) is 0 Å². The number of hydrogen-bond donors (Lipinski definition) is 2. The summed E-state index contributed by atoms with van der Waals surface area (Å²) in [5, 5.41) is 11.0. The minimum Gasteiger partial charge on any atom is -0.459 e. The Balaban J connectivity index is 1.19. The van der Waals surface area contributed by atoms with Gasteiger partial charge in [0.05, 0.1) is 6.26 Å². The van der Waals surface area contributed by atoms with E-state index in [2.05, 4.69) is 52.7 Å². The predicted molar refractivity (Wildman–Crippen MR) is 105 cm³/mol. The van der Waals surface area contributed by atoms with Crippen molar-refractivity contribution in [3.63, 3.8) is 0 Å². The first kappa shape index (κ1) is 17.2. The molecule has 0 aliphatic carbocycles. The van der Waals surface area contributed by atoms with E-state index in [1.54, 1.807) is 11.2 Å². The van der Waals surface area contributed by atoms with Gasteiger partial charge >= 0.3 is 0 Å². The molecule has 3 heterocycles. The molecule has 1 fully saturated rings. The summed E-state index contributed by atoms with van der Waals surface area (Å²) in [6.45, 7) is 6.37. The van der Waals surface area contributed by atoms with E-state index in [1.165, 1.54) is 21.2 Å². The molecule has 0 bridgehead atoms. The Kier molecular flexibility index (Phi) is 4.64. The molecular formula is C22H24N4O2+2. The van der Waals surface area contributed by atoms with Crippen LogP contribution in [-0.2, 0) is 13.1 Å². The Morgan fingerprint density at radius 1 is 0.786 bits per heavy atom. The third-order valence-corrected chi connectivity index (χ3v) is 5.58. The van der Waals surface area contributed by atoms with E-state index in [0.29, 0.717) is 17.5 Å². The fourth-order valence-corrected chi connectivity index (χ4v) is 4.07. The summed E-state index contributed by atoms with van der Waals surface area (Å²) in [6, 6.07) is 18.9. The van der Waals surface area contributed by atoms with Crippen molar-refractivity contribution in [2.75, 3.05) is 26.2 Å². The Morgan fingerprint density at radius 3 is 2.39 bits per heavy atom. The molecule has 1 aliphatic heterocycles. The molecule has 4 aromatic rings. The highest BCUT2D eigenvalue weighted by Gasteiger charge is 2.25. The molecule has 0 atom stereocenters. The average Bonchev–Trinajstić information content (AvgIpc) is 3.42. The van der Waals surface area contributed by atoms with E-state index in [0.717, 1.165) is 39.3 Å². The van der Waals surface area contributed by atoms with Crippen LogP contribution in [0, 0.1) is 0 Å². The first-order valence-corrected chi connectivity index (χ1v) is 9.85. The largest absolute Gasteiger partial charge is 0.459 e. The molecule has 2 N–H and O–H groups in total. The summed E-state index contributed by atoms with van der Waals surface area (Å²) < 4.78 is 11.1. The van der Waals surface area contributed by atoms with Crippen molar-refractivity contribution >= 4 is 10.8 Å². The molecule has 2 aromatic heterocycles. The van der Waals surface area contributed by atoms with Crippen LogP contribution < -0.4 is 9.80 Å². The second-order valence-corrected chi connectivity index (χ2v) is 7.47. The van der Waals surface area contributed by atoms with Gasteiger partial charge in [-0.05, 0) is 22.9 Å². The monoisotopic (exact) mass is 376 g/mol. The van der Waals surface area contributed by atoms with E-state index < -0.39 is 0 Å². The third-order valence-electron chi connectivity index (χ3n) is 5.58. The first-order chi connectivity index (χ1) is 13.8. The van der Waals surface area contributed by atoms with E-state index in [1.807, 2.05) is 12.1 Å². The van der Waals surface area contributed by atoms with Gasteiger partial charge in [-0.25, -0.2) is 0 Å². The van der Waals surface area contributed by atoms with Gasteiger partial charge < -0.3 is 18.6 Å². The van der Waals surface area contributed by atoms with Crippen molar-refractivity contribution in [2.24, 2.45) is 0 Å². The van der Waals surface area contributed by atoms with Gasteiger partial charge in [0.25, 0.3) is 11.8 Å². The van der Waals surface area contributed by atoms with Gasteiger partial charge in [-0.15, -0.1) is 10.2 Å². The van der Waals surface area contributed by atoms with Crippen LogP contribution in [0.1, 0.15) is 11.5 Å². The molecular weight excluding hydrogens is 352 g/mol. The molecule has 6 nitrogen and oxygen atoms in total. The fraction of sp³-hybridized carbons (Fsp3) is 0.273. The third kappa shape index (κ3) is 3.56. The second-order valence-electron chi connectivity index (χ2n) is 7.47. The van der Waals surface area contributed by atoms with Crippen molar-refractivity contribution in [3.05, 3.63) is 72.3 Å². The molecule has 0 unspecified atom stereocenters. The summed E-state index contributed by atoms with van der Waals surface area (Å²) in [5.74, 6) is 1.76. The maximum Gasteiger partial charge on any atom is 0.283 e. The van der Waals surface area contributed by atoms with Crippen LogP contribution in [0.2, 0.25) is 0 Å². The average molecular weight is 376 g/mol. The zero-order chi connectivity index (χ0) is 18.8. The number of aromatic nitrogens is 2. The summed E-state index contributed by atoms with van der Waals surface area (Å²) in [7, 11) is 0. The van der Waals surface area contributed by atoms with Crippen LogP contribution in [0.3, 0.4) is 0 Å². The van der Waals surface area contributed by atoms with Gasteiger partial charge in [-0.3, -0.25) is 0 Å². The summed E-state index contributed by atoms with van der Waals surface area (Å²) in [6.07, 6.45) is 1.61. The van der Waals surface area contributed by atoms with Crippen molar-refractivity contribution in [1.29, 1.82) is 0 Å². The summed E-state index contributed by atoms with van der Waals surface area (Å²) in [5.41, 5.74) is 1.44. The maximum absolute atomic E-state index is 5.76. The van der Waals surface area contributed by atoms with Crippen LogP contribution in [0.25, 0.3) is 22.4 Å². The van der Waals surface area contributed by atoms with Gasteiger partial charge in [-0.2, -0.15) is 0 Å².